The fraction of sp³-hybridized carbons (Fsp3) is 0.273. The van der Waals surface area contributed by atoms with Gasteiger partial charge in [0.2, 0.25) is 0 Å². The topological polar surface area (TPSA) is 61.0 Å². The number of nitrogens with zero attached hydrogens (tertiary/aromatic N) is 2. The number of nitrogens with one attached hydrogen (secondary N) is 2. The van der Waals surface area contributed by atoms with Crippen LogP contribution in [0.2, 0.25) is 4.34 Å². The first-order valence-electron chi connectivity index (χ1n) is 5.36. The SMILES string of the molecule is CN(Cc1ccc(Cl)s1)C(=O)NCc1ccn[nH]1. The van der Waals surface area contributed by atoms with Crippen LogP contribution in [0.25, 0.3) is 0 Å². The van der Waals surface area contributed by atoms with Crippen LogP contribution in [-0.2, 0) is 13.1 Å². The van der Waals surface area contributed by atoms with E-state index in [9.17, 15) is 4.79 Å². The van der Waals surface area contributed by atoms with Gasteiger partial charge in [-0.25, -0.2) is 4.79 Å². The molecule has 0 bridgehead atoms. The molecule has 0 aliphatic rings. The molecule has 0 aliphatic heterocycles. The number of thiophene rings is 1. The van der Waals surface area contributed by atoms with Crippen molar-refractivity contribution in [2.24, 2.45) is 0 Å². The molecule has 0 saturated heterocycles. The zero-order valence-corrected chi connectivity index (χ0v) is 11.4. The number of carbonyl (C=O) groups excluding carboxylic acids is 1. The maximum Gasteiger partial charge on any atom is 0.317 e. The molecule has 18 heavy (non-hydrogen) atoms. The smallest absolute Gasteiger partial charge is 0.317 e. The lowest BCUT2D eigenvalue weighted by atomic mass is 10.4. The zero-order valence-electron chi connectivity index (χ0n) is 9.81. The van der Waals surface area contributed by atoms with E-state index in [0.717, 1.165) is 14.9 Å². The number of rotatable bonds is 4. The van der Waals surface area contributed by atoms with Gasteiger partial charge >= 0.3 is 6.03 Å². The van der Waals surface area contributed by atoms with Crippen LogP contribution < -0.4 is 5.32 Å². The first-order valence-corrected chi connectivity index (χ1v) is 6.56. The van der Waals surface area contributed by atoms with E-state index in [2.05, 4.69) is 15.5 Å². The van der Waals surface area contributed by atoms with Gasteiger partial charge in [0.1, 0.15) is 0 Å². The molecule has 0 spiro atoms. The fourth-order valence-electron chi connectivity index (χ4n) is 1.43. The lowest BCUT2D eigenvalue weighted by molar-refractivity contribution is 0.206. The lowest BCUT2D eigenvalue weighted by Crippen LogP contribution is -2.36. The van der Waals surface area contributed by atoms with Crippen LogP contribution >= 0.6 is 22.9 Å². The lowest BCUT2D eigenvalue weighted by Gasteiger charge is -2.16. The summed E-state index contributed by atoms with van der Waals surface area (Å²) in [6, 6.07) is 5.44. The van der Waals surface area contributed by atoms with Crippen molar-refractivity contribution in [1.29, 1.82) is 0 Å². The van der Waals surface area contributed by atoms with Gasteiger partial charge in [0, 0.05) is 18.1 Å². The predicted molar refractivity (Wildman–Crippen MR) is 71.6 cm³/mol. The van der Waals surface area contributed by atoms with Gasteiger partial charge in [-0.2, -0.15) is 5.10 Å². The van der Waals surface area contributed by atoms with Crippen LogP contribution in [-0.4, -0.2) is 28.2 Å². The Bertz CT molecular complexity index is 511. The highest BCUT2D eigenvalue weighted by Crippen LogP contribution is 2.22. The van der Waals surface area contributed by atoms with Gasteiger partial charge in [-0.1, -0.05) is 11.6 Å². The highest BCUT2D eigenvalue weighted by Gasteiger charge is 2.10. The van der Waals surface area contributed by atoms with Gasteiger partial charge in [0.25, 0.3) is 0 Å². The maximum atomic E-state index is 11.8. The van der Waals surface area contributed by atoms with Crippen molar-refractivity contribution >= 4 is 29.0 Å². The summed E-state index contributed by atoms with van der Waals surface area (Å²) in [5.74, 6) is 0. The van der Waals surface area contributed by atoms with Crippen molar-refractivity contribution in [2.45, 2.75) is 13.1 Å². The van der Waals surface area contributed by atoms with Gasteiger partial charge in [-0.15, -0.1) is 11.3 Å². The third kappa shape index (κ3) is 3.48. The third-order valence-corrected chi connectivity index (χ3v) is 3.57. The van der Waals surface area contributed by atoms with E-state index < -0.39 is 0 Å². The molecular weight excluding hydrogens is 272 g/mol. The highest BCUT2D eigenvalue weighted by molar-refractivity contribution is 7.16. The van der Waals surface area contributed by atoms with E-state index in [1.807, 2.05) is 18.2 Å². The second-order valence-corrected chi connectivity index (χ2v) is 5.60. The van der Waals surface area contributed by atoms with E-state index >= 15 is 0 Å². The predicted octanol–water partition coefficient (Wildman–Crippen LogP) is 2.47. The van der Waals surface area contributed by atoms with Crippen LogP contribution in [0, 0.1) is 0 Å². The molecule has 2 aromatic rings. The van der Waals surface area contributed by atoms with Gasteiger partial charge in [-0.3, -0.25) is 5.10 Å². The molecule has 2 rings (SSSR count). The molecule has 2 N–H and O–H groups in total. The highest BCUT2D eigenvalue weighted by atomic mass is 35.5. The second kappa shape index (κ2) is 5.88. The standard InChI is InChI=1S/C11H13ClN4OS/c1-16(7-9-2-3-10(12)18-9)11(17)13-6-8-4-5-14-15-8/h2-5H,6-7H2,1H3,(H,13,17)(H,14,15). The van der Waals surface area contributed by atoms with E-state index in [0.29, 0.717) is 13.1 Å². The number of hydrogen-bond acceptors (Lipinski definition) is 3. The van der Waals surface area contributed by atoms with Crippen LogP contribution in [0.15, 0.2) is 24.4 Å². The number of halogens is 1. The number of amides is 2. The summed E-state index contributed by atoms with van der Waals surface area (Å²) in [5, 5.41) is 9.40. The molecule has 0 aromatic carbocycles. The van der Waals surface area contributed by atoms with Crippen LogP contribution in [0.5, 0.6) is 0 Å². The molecule has 96 valence electrons. The third-order valence-electron chi connectivity index (χ3n) is 2.36. The summed E-state index contributed by atoms with van der Waals surface area (Å²) in [6.45, 7) is 0.987. The Balaban J connectivity index is 1.81. The maximum absolute atomic E-state index is 11.8. The van der Waals surface area contributed by atoms with Gasteiger partial charge < -0.3 is 10.2 Å². The minimum absolute atomic E-state index is 0.130. The van der Waals surface area contributed by atoms with E-state index in [1.54, 1.807) is 18.1 Å². The summed E-state index contributed by atoms with van der Waals surface area (Å²) >= 11 is 7.32. The Hall–Kier alpha value is -1.53. The molecule has 5 nitrogen and oxygen atoms in total. The zero-order chi connectivity index (χ0) is 13.0. The van der Waals surface area contributed by atoms with Crippen molar-refractivity contribution in [3.8, 4) is 0 Å². The molecule has 2 amide bonds. The first-order chi connectivity index (χ1) is 8.65. The van der Waals surface area contributed by atoms with Crippen molar-refractivity contribution in [3.63, 3.8) is 0 Å². The Morgan fingerprint density at radius 3 is 3.00 bits per heavy atom. The average Bonchev–Trinajstić information content (AvgIpc) is 2.97. The largest absolute Gasteiger partial charge is 0.332 e. The Kier molecular flexibility index (Phi) is 4.22. The average molecular weight is 285 g/mol. The van der Waals surface area contributed by atoms with Gasteiger partial charge in [-0.05, 0) is 18.2 Å². The number of H-pyrrole nitrogens is 1. The number of aromatic nitrogens is 2. The second-order valence-electron chi connectivity index (χ2n) is 3.80. The van der Waals surface area contributed by atoms with Gasteiger partial charge in [0.05, 0.1) is 23.1 Å². The Morgan fingerprint density at radius 1 is 1.56 bits per heavy atom. The summed E-state index contributed by atoms with van der Waals surface area (Å²) in [7, 11) is 1.75. The Morgan fingerprint density at radius 2 is 2.39 bits per heavy atom. The molecule has 2 aromatic heterocycles. The summed E-state index contributed by atoms with van der Waals surface area (Å²) in [6.07, 6.45) is 1.65. The summed E-state index contributed by atoms with van der Waals surface area (Å²) < 4.78 is 0.733. The monoisotopic (exact) mass is 284 g/mol. The molecule has 0 unspecified atom stereocenters. The Labute approximate surface area is 114 Å². The normalized spacial score (nSPS) is 10.3. The van der Waals surface area contributed by atoms with E-state index in [4.69, 9.17) is 11.6 Å². The summed E-state index contributed by atoms with van der Waals surface area (Å²) in [4.78, 5) is 14.5. The minimum atomic E-state index is -0.130. The van der Waals surface area contributed by atoms with Crippen LogP contribution in [0.3, 0.4) is 0 Å². The molecule has 7 heteroatoms. The molecule has 0 saturated carbocycles. The first kappa shape index (κ1) is 12.9. The fourth-order valence-corrected chi connectivity index (χ4v) is 2.57. The molecular formula is C11H13ClN4OS. The minimum Gasteiger partial charge on any atom is -0.332 e. The van der Waals surface area contributed by atoms with Crippen LogP contribution in [0.4, 0.5) is 4.79 Å². The number of urea groups is 1. The number of carbonyl (C=O) groups is 1. The molecule has 0 radical (unpaired) electrons. The quantitative estimate of drug-likeness (QED) is 0.906. The van der Waals surface area contributed by atoms with Crippen LogP contribution in [0.1, 0.15) is 10.6 Å². The van der Waals surface area contributed by atoms with E-state index in [-0.39, 0.29) is 6.03 Å². The van der Waals surface area contributed by atoms with Crippen molar-refractivity contribution in [1.82, 2.24) is 20.4 Å². The molecule has 0 fully saturated rings. The summed E-state index contributed by atoms with van der Waals surface area (Å²) in [5.41, 5.74) is 0.871. The number of aromatic amines is 1. The number of hydrogen-bond donors (Lipinski definition) is 2. The molecule has 2 heterocycles. The molecule has 0 atom stereocenters. The van der Waals surface area contributed by atoms with E-state index in [1.165, 1.54) is 11.3 Å². The van der Waals surface area contributed by atoms with Crippen molar-refractivity contribution in [2.75, 3.05) is 7.05 Å². The molecule has 0 aliphatic carbocycles. The van der Waals surface area contributed by atoms with Gasteiger partial charge in [0.15, 0.2) is 0 Å². The van der Waals surface area contributed by atoms with Crippen molar-refractivity contribution < 1.29 is 4.79 Å². The van der Waals surface area contributed by atoms with Crippen molar-refractivity contribution in [3.05, 3.63) is 39.3 Å².